The first-order valence-electron chi connectivity index (χ1n) is 4.64. The summed E-state index contributed by atoms with van der Waals surface area (Å²) in [5, 5.41) is 2.79. The van der Waals surface area contributed by atoms with E-state index in [0.29, 0.717) is 5.13 Å². The molecule has 0 aromatic carbocycles. The van der Waals surface area contributed by atoms with Crippen LogP contribution in [0.4, 0.5) is 5.13 Å². The van der Waals surface area contributed by atoms with E-state index in [1.807, 2.05) is 30.0 Å². The number of thiophene rings is 1. The van der Waals surface area contributed by atoms with Crippen molar-refractivity contribution in [2.75, 3.05) is 11.5 Å². The molecule has 0 radical (unpaired) electrons. The molecule has 0 unspecified atom stereocenters. The van der Waals surface area contributed by atoms with Crippen LogP contribution < -0.4 is 5.73 Å². The Labute approximate surface area is 102 Å². The second-order valence-electron chi connectivity index (χ2n) is 3.10. The SMILES string of the molecule is Cc1nc(N)sc1SCCc1cccs1. The topological polar surface area (TPSA) is 38.9 Å². The third-order valence-corrected chi connectivity index (χ3v) is 5.22. The molecule has 0 aliphatic carbocycles. The summed E-state index contributed by atoms with van der Waals surface area (Å²) in [5.74, 6) is 1.10. The Kier molecular flexibility index (Phi) is 3.66. The van der Waals surface area contributed by atoms with Crippen molar-refractivity contribution in [3.63, 3.8) is 0 Å². The fourth-order valence-electron chi connectivity index (χ4n) is 1.24. The van der Waals surface area contributed by atoms with Gasteiger partial charge in [-0.3, -0.25) is 0 Å². The molecule has 2 rings (SSSR count). The number of hydrogen-bond donors (Lipinski definition) is 1. The summed E-state index contributed by atoms with van der Waals surface area (Å²) < 4.78 is 1.25. The summed E-state index contributed by atoms with van der Waals surface area (Å²) in [4.78, 5) is 5.65. The average Bonchev–Trinajstić information content (AvgIpc) is 2.77. The average molecular weight is 256 g/mol. The highest BCUT2D eigenvalue weighted by molar-refractivity contribution is 8.01. The molecule has 2 heterocycles. The van der Waals surface area contributed by atoms with Crippen LogP contribution in [0.15, 0.2) is 21.7 Å². The highest BCUT2D eigenvalue weighted by atomic mass is 32.2. The number of aryl methyl sites for hydroxylation is 2. The van der Waals surface area contributed by atoms with Gasteiger partial charge in [-0.15, -0.1) is 23.1 Å². The normalized spacial score (nSPS) is 10.7. The monoisotopic (exact) mass is 256 g/mol. The van der Waals surface area contributed by atoms with Gasteiger partial charge >= 0.3 is 0 Å². The second kappa shape index (κ2) is 5.01. The number of thioether (sulfide) groups is 1. The number of anilines is 1. The number of nitrogens with two attached hydrogens (primary N) is 1. The third kappa shape index (κ3) is 2.96. The van der Waals surface area contributed by atoms with Crippen LogP contribution in [0, 0.1) is 6.92 Å². The first-order valence-corrected chi connectivity index (χ1v) is 7.32. The minimum atomic E-state index is 0.672. The van der Waals surface area contributed by atoms with Crippen LogP contribution in [0.3, 0.4) is 0 Å². The number of nitrogens with zero attached hydrogens (tertiary/aromatic N) is 1. The fourth-order valence-corrected chi connectivity index (χ4v) is 4.14. The van der Waals surface area contributed by atoms with Gasteiger partial charge < -0.3 is 5.73 Å². The van der Waals surface area contributed by atoms with E-state index < -0.39 is 0 Å². The largest absolute Gasteiger partial charge is 0.375 e. The lowest BCUT2D eigenvalue weighted by molar-refractivity contribution is 1.18. The number of aromatic nitrogens is 1. The van der Waals surface area contributed by atoms with E-state index in [4.69, 9.17) is 5.73 Å². The van der Waals surface area contributed by atoms with E-state index >= 15 is 0 Å². The highest BCUT2D eigenvalue weighted by Gasteiger charge is 2.05. The lowest BCUT2D eigenvalue weighted by atomic mass is 10.4. The standard InChI is InChI=1S/C10H12N2S3/c1-7-9(15-10(11)12-7)14-6-4-8-3-2-5-13-8/h2-3,5H,4,6H2,1H3,(H2,11,12). The van der Waals surface area contributed by atoms with Crippen LogP contribution in [0.2, 0.25) is 0 Å². The van der Waals surface area contributed by atoms with E-state index in [9.17, 15) is 0 Å². The van der Waals surface area contributed by atoms with E-state index in [1.54, 1.807) is 11.3 Å². The van der Waals surface area contributed by atoms with Gasteiger partial charge in [-0.05, 0) is 24.8 Å². The molecule has 15 heavy (non-hydrogen) atoms. The van der Waals surface area contributed by atoms with Crippen LogP contribution in [0.25, 0.3) is 0 Å². The van der Waals surface area contributed by atoms with Gasteiger partial charge in [-0.25, -0.2) is 4.98 Å². The Bertz CT molecular complexity index is 420. The smallest absolute Gasteiger partial charge is 0.181 e. The van der Waals surface area contributed by atoms with Crippen molar-refractivity contribution in [1.82, 2.24) is 4.98 Å². The molecule has 0 saturated heterocycles. The van der Waals surface area contributed by atoms with Crippen molar-refractivity contribution in [3.05, 3.63) is 28.1 Å². The Hall–Kier alpha value is -0.520. The molecule has 2 aromatic heterocycles. The molecule has 0 bridgehead atoms. The lowest BCUT2D eigenvalue weighted by Crippen LogP contribution is -1.84. The Morgan fingerprint density at radius 2 is 2.40 bits per heavy atom. The zero-order valence-electron chi connectivity index (χ0n) is 8.40. The molecule has 0 spiro atoms. The molecule has 2 N–H and O–H groups in total. The zero-order chi connectivity index (χ0) is 10.7. The van der Waals surface area contributed by atoms with Crippen LogP contribution in [0.5, 0.6) is 0 Å². The summed E-state index contributed by atoms with van der Waals surface area (Å²) in [5.41, 5.74) is 6.71. The van der Waals surface area contributed by atoms with Crippen molar-refractivity contribution < 1.29 is 0 Å². The number of rotatable bonds is 4. The van der Waals surface area contributed by atoms with Crippen LogP contribution >= 0.6 is 34.4 Å². The molecule has 0 amide bonds. The molecular weight excluding hydrogens is 244 g/mol. The predicted octanol–water partition coefficient (Wildman–Crippen LogP) is 3.43. The Morgan fingerprint density at radius 1 is 1.53 bits per heavy atom. The van der Waals surface area contributed by atoms with Gasteiger partial charge in [0.2, 0.25) is 0 Å². The quantitative estimate of drug-likeness (QED) is 0.852. The van der Waals surface area contributed by atoms with Gasteiger partial charge in [0, 0.05) is 10.6 Å². The van der Waals surface area contributed by atoms with Gasteiger partial charge in [0.15, 0.2) is 5.13 Å². The van der Waals surface area contributed by atoms with Gasteiger partial charge in [-0.2, -0.15) is 0 Å². The predicted molar refractivity (Wildman–Crippen MR) is 70.0 cm³/mol. The molecule has 0 atom stereocenters. The lowest BCUT2D eigenvalue weighted by Gasteiger charge is -1.97. The van der Waals surface area contributed by atoms with E-state index in [1.165, 1.54) is 9.09 Å². The minimum Gasteiger partial charge on any atom is -0.375 e. The molecule has 80 valence electrons. The molecular formula is C10H12N2S3. The van der Waals surface area contributed by atoms with Crippen molar-refractivity contribution >= 4 is 39.6 Å². The van der Waals surface area contributed by atoms with Gasteiger partial charge in [0.1, 0.15) is 0 Å². The second-order valence-corrected chi connectivity index (χ2v) is 6.53. The first-order chi connectivity index (χ1) is 7.25. The summed E-state index contributed by atoms with van der Waals surface area (Å²) in [6.45, 7) is 2.01. The first kappa shape index (κ1) is 11.0. The Balaban J connectivity index is 1.86. The van der Waals surface area contributed by atoms with Crippen molar-refractivity contribution in [2.45, 2.75) is 17.6 Å². The highest BCUT2D eigenvalue weighted by Crippen LogP contribution is 2.31. The molecule has 2 nitrogen and oxygen atoms in total. The third-order valence-electron chi connectivity index (χ3n) is 1.93. The summed E-state index contributed by atoms with van der Waals surface area (Å²) in [6, 6.07) is 4.28. The van der Waals surface area contributed by atoms with Gasteiger partial charge in [-0.1, -0.05) is 17.4 Å². The molecule has 0 saturated carbocycles. The minimum absolute atomic E-state index is 0.672. The molecule has 0 aliphatic heterocycles. The summed E-state index contributed by atoms with van der Waals surface area (Å²) in [6.07, 6.45) is 1.12. The zero-order valence-corrected chi connectivity index (χ0v) is 10.8. The van der Waals surface area contributed by atoms with Gasteiger partial charge in [0.05, 0.1) is 9.90 Å². The maximum absolute atomic E-state index is 5.64. The molecule has 2 aromatic rings. The number of thiazole rings is 1. The maximum atomic E-state index is 5.64. The molecule has 5 heteroatoms. The fraction of sp³-hybridized carbons (Fsp3) is 0.300. The van der Waals surface area contributed by atoms with E-state index in [0.717, 1.165) is 17.9 Å². The van der Waals surface area contributed by atoms with E-state index in [2.05, 4.69) is 22.5 Å². The summed E-state index contributed by atoms with van der Waals surface area (Å²) in [7, 11) is 0. The van der Waals surface area contributed by atoms with Crippen LogP contribution in [-0.4, -0.2) is 10.7 Å². The molecule has 0 aliphatic rings. The summed E-state index contributed by atoms with van der Waals surface area (Å²) >= 11 is 5.25. The van der Waals surface area contributed by atoms with Crippen molar-refractivity contribution in [1.29, 1.82) is 0 Å². The van der Waals surface area contributed by atoms with Crippen molar-refractivity contribution in [2.24, 2.45) is 0 Å². The van der Waals surface area contributed by atoms with Crippen molar-refractivity contribution in [3.8, 4) is 0 Å². The van der Waals surface area contributed by atoms with E-state index in [-0.39, 0.29) is 0 Å². The van der Waals surface area contributed by atoms with Gasteiger partial charge in [0.25, 0.3) is 0 Å². The number of nitrogen functional groups attached to an aromatic ring is 1. The maximum Gasteiger partial charge on any atom is 0.181 e. The Morgan fingerprint density at radius 3 is 3.00 bits per heavy atom. The van der Waals surface area contributed by atoms with Crippen LogP contribution in [0.1, 0.15) is 10.6 Å². The molecule has 0 fully saturated rings. The van der Waals surface area contributed by atoms with Crippen LogP contribution in [-0.2, 0) is 6.42 Å². The number of hydrogen-bond acceptors (Lipinski definition) is 5.